The van der Waals surface area contributed by atoms with Crippen LogP contribution in [0.15, 0.2) is 29.3 Å². The van der Waals surface area contributed by atoms with Crippen LogP contribution in [0.4, 0.5) is 13.2 Å². The minimum Gasteiger partial charge on any atom is -0.392 e. The fraction of sp³-hybridized carbons (Fsp3) is 0.588. The van der Waals surface area contributed by atoms with Gasteiger partial charge in [0.15, 0.2) is 5.96 Å². The van der Waals surface area contributed by atoms with Crippen LogP contribution in [-0.4, -0.2) is 55.0 Å². The third-order valence-corrected chi connectivity index (χ3v) is 6.10. The Kier molecular flexibility index (Phi) is 7.67. The molecule has 1 heterocycles. The van der Waals surface area contributed by atoms with Gasteiger partial charge >= 0.3 is 15.5 Å². The molecule has 158 valence electrons. The quantitative estimate of drug-likeness (QED) is 0.478. The monoisotopic (exact) mass is 422 g/mol. The van der Waals surface area contributed by atoms with E-state index in [-0.39, 0.29) is 38.6 Å². The molecular weight excluding hydrogens is 397 g/mol. The minimum atomic E-state index is -5.28. The predicted octanol–water partition coefficient (Wildman–Crippen LogP) is 1.55. The standard InChI is InChI=1S/C17H25F3N4O3S/c1-2-21-16(22-11-13-5-3-4-6-14(13)12-25)23-15-7-9-24(10-8-15)28(26,27)17(18,19)20/h3-6,15,25H,2,7-12H2,1H3,(H2,21,22,23). The number of hydrogen-bond acceptors (Lipinski definition) is 4. The summed E-state index contributed by atoms with van der Waals surface area (Å²) in [5.41, 5.74) is -3.63. The Morgan fingerprint density at radius 3 is 2.39 bits per heavy atom. The van der Waals surface area contributed by atoms with Crippen molar-refractivity contribution in [3.63, 3.8) is 0 Å². The number of benzene rings is 1. The molecule has 0 spiro atoms. The molecule has 0 atom stereocenters. The largest absolute Gasteiger partial charge is 0.511 e. The number of sulfonamides is 1. The van der Waals surface area contributed by atoms with Crippen molar-refractivity contribution in [2.24, 2.45) is 4.99 Å². The Labute approximate surface area is 162 Å². The number of aliphatic imine (C=N–C) groups is 1. The average molecular weight is 422 g/mol. The van der Waals surface area contributed by atoms with E-state index in [2.05, 4.69) is 15.6 Å². The molecule has 0 unspecified atom stereocenters. The maximum absolute atomic E-state index is 12.7. The Morgan fingerprint density at radius 2 is 1.86 bits per heavy atom. The van der Waals surface area contributed by atoms with Crippen LogP contribution in [0.5, 0.6) is 0 Å². The molecule has 7 nitrogen and oxygen atoms in total. The number of aliphatic hydroxyl groups is 1. The molecule has 0 aliphatic carbocycles. The van der Waals surface area contributed by atoms with Crippen LogP contribution >= 0.6 is 0 Å². The maximum Gasteiger partial charge on any atom is 0.511 e. The Hall–Kier alpha value is -1.85. The van der Waals surface area contributed by atoms with Crippen molar-refractivity contribution < 1.29 is 26.7 Å². The molecule has 1 aliphatic rings. The zero-order valence-corrected chi connectivity index (χ0v) is 16.4. The lowest BCUT2D eigenvalue weighted by Gasteiger charge is -2.32. The highest BCUT2D eigenvalue weighted by molar-refractivity contribution is 7.90. The summed E-state index contributed by atoms with van der Waals surface area (Å²) in [7, 11) is -5.28. The molecule has 1 aromatic carbocycles. The van der Waals surface area contributed by atoms with Gasteiger partial charge in [0.05, 0.1) is 13.2 Å². The Morgan fingerprint density at radius 1 is 1.25 bits per heavy atom. The summed E-state index contributed by atoms with van der Waals surface area (Å²) in [6, 6.07) is 7.15. The van der Waals surface area contributed by atoms with Crippen molar-refractivity contribution in [1.29, 1.82) is 0 Å². The van der Waals surface area contributed by atoms with E-state index < -0.39 is 15.5 Å². The second-order valence-electron chi connectivity index (χ2n) is 6.39. The molecule has 3 N–H and O–H groups in total. The molecule has 1 saturated heterocycles. The van der Waals surface area contributed by atoms with Crippen LogP contribution < -0.4 is 10.6 Å². The number of nitrogens with zero attached hydrogens (tertiary/aromatic N) is 2. The summed E-state index contributed by atoms with van der Waals surface area (Å²) in [6.45, 7) is 2.31. The third-order valence-electron chi connectivity index (χ3n) is 4.47. The second kappa shape index (κ2) is 9.57. The topological polar surface area (TPSA) is 94.0 Å². The van der Waals surface area contributed by atoms with Gasteiger partial charge in [0.25, 0.3) is 0 Å². The molecule has 1 fully saturated rings. The lowest BCUT2D eigenvalue weighted by atomic mass is 10.1. The van der Waals surface area contributed by atoms with Crippen molar-refractivity contribution in [2.45, 2.75) is 44.5 Å². The van der Waals surface area contributed by atoms with Gasteiger partial charge in [0, 0.05) is 25.7 Å². The number of alkyl halides is 3. The van der Waals surface area contributed by atoms with Gasteiger partial charge in [0.2, 0.25) is 0 Å². The molecule has 11 heteroatoms. The van der Waals surface area contributed by atoms with E-state index in [0.717, 1.165) is 11.1 Å². The molecule has 0 aromatic heterocycles. The van der Waals surface area contributed by atoms with Crippen molar-refractivity contribution in [3.05, 3.63) is 35.4 Å². The normalized spacial score (nSPS) is 17.5. The third kappa shape index (κ3) is 5.58. The van der Waals surface area contributed by atoms with Gasteiger partial charge in [-0.1, -0.05) is 24.3 Å². The highest BCUT2D eigenvalue weighted by atomic mass is 32.2. The fourth-order valence-electron chi connectivity index (χ4n) is 2.93. The Bertz CT molecular complexity index is 776. The zero-order valence-electron chi connectivity index (χ0n) is 15.5. The van der Waals surface area contributed by atoms with Gasteiger partial charge in [-0.25, -0.2) is 13.4 Å². The minimum absolute atomic E-state index is 0.0954. The molecule has 0 bridgehead atoms. The van der Waals surface area contributed by atoms with Crippen LogP contribution in [0.1, 0.15) is 30.9 Å². The van der Waals surface area contributed by atoms with Crippen molar-refractivity contribution in [1.82, 2.24) is 14.9 Å². The predicted molar refractivity (Wildman–Crippen MR) is 99.9 cm³/mol. The number of aliphatic hydroxyl groups excluding tert-OH is 1. The van der Waals surface area contributed by atoms with Gasteiger partial charge in [-0.15, -0.1) is 0 Å². The van der Waals surface area contributed by atoms with Crippen LogP contribution in [0.25, 0.3) is 0 Å². The van der Waals surface area contributed by atoms with Gasteiger partial charge < -0.3 is 15.7 Å². The van der Waals surface area contributed by atoms with Crippen molar-refractivity contribution in [3.8, 4) is 0 Å². The van der Waals surface area contributed by atoms with Gasteiger partial charge in [0.1, 0.15) is 0 Å². The summed E-state index contributed by atoms with van der Waals surface area (Å²) in [6.07, 6.45) is 0.486. The van der Waals surface area contributed by atoms with E-state index in [0.29, 0.717) is 23.4 Å². The van der Waals surface area contributed by atoms with Gasteiger partial charge in [-0.2, -0.15) is 17.5 Å². The van der Waals surface area contributed by atoms with Gasteiger partial charge in [-0.3, -0.25) is 0 Å². The van der Waals surface area contributed by atoms with Gasteiger partial charge in [-0.05, 0) is 30.9 Å². The zero-order chi connectivity index (χ0) is 20.8. The first-order chi connectivity index (χ1) is 13.2. The van der Waals surface area contributed by atoms with E-state index in [1.807, 2.05) is 31.2 Å². The first-order valence-electron chi connectivity index (χ1n) is 8.98. The lowest BCUT2D eigenvalue weighted by molar-refractivity contribution is -0.0494. The number of nitrogens with one attached hydrogen (secondary N) is 2. The molecule has 0 amide bonds. The fourth-order valence-corrected chi connectivity index (χ4v) is 3.91. The smallest absolute Gasteiger partial charge is 0.392 e. The first kappa shape index (κ1) is 22.4. The molecular formula is C17H25F3N4O3S. The van der Waals surface area contributed by atoms with E-state index in [1.54, 1.807) is 0 Å². The summed E-state index contributed by atoms with van der Waals surface area (Å²) in [5, 5.41) is 15.6. The maximum atomic E-state index is 12.7. The van der Waals surface area contributed by atoms with E-state index in [1.165, 1.54) is 0 Å². The van der Waals surface area contributed by atoms with E-state index in [4.69, 9.17) is 0 Å². The lowest BCUT2D eigenvalue weighted by Crippen LogP contribution is -2.51. The van der Waals surface area contributed by atoms with Crippen molar-refractivity contribution >= 4 is 16.0 Å². The molecule has 0 radical (unpaired) electrons. The van der Waals surface area contributed by atoms with E-state index >= 15 is 0 Å². The summed E-state index contributed by atoms with van der Waals surface area (Å²) < 4.78 is 61.4. The van der Waals surface area contributed by atoms with Crippen LogP contribution in [-0.2, 0) is 23.2 Å². The number of rotatable bonds is 6. The summed E-state index contributed by atoms with van der Waals surface area (Å²) in [5.74, 6) is 0.493. The molecule has 2 rings (SSSR count). The van der Waals surface area contributed by atoms with E-state index in [9.17, 15) is 26.7 Å². The average Bonchev–Trinajstić information content (AvgIpc) is 2.66. The molecule has 1 aromatic rings. The highest BCUT2D eigenvalue weighted by Gasteiger charge is 2.50. The summed E-state index contributed by atoms with van der Waals surface area (Å²) >= 11 is 0. The molecule has 1 aliphatic heterocycles. The second-order valence-corrected chi connectivity index (χ2v) is 8.32. The highest BCUT2D eigenvalue weighted by Crippen LogP contribution is 2.28. The number of guanidine groups is 1. The number of halogens is 3. The van der Waals surface area contributed by atoms with Crippen LogP contribution in [0.2, 0.25) is 0 Å². The van der Waals surface area contributed by atoms with Crippen LogP contribution in [0.3, 0.4) is 0 Å². The number of hydrogen-bond donors (Lipinski definition) is 3. The SMILES string of the molecule is CCNC(=NCc1ccccc1CO)NC1CCN(S(=O)(=O)C(F)(F)F)CC1. The number of piperidine rings is 1. The molecule has 0 saturated carbocycles. The molecule has 28 heavy (non-hydrogen) atoms. The van der Waals surface area contributed by atoms with Crippen molar-refractivity contribution in [2.75, 3.05) is 19.6 Å². The summed E-state index contributed by atoms with van der Waals surface area (Å²) in [4.78, 5) is 4.46. The van der Waals surface area contributed by atoms with Crippen LogP contribution in [0, 0.1) is 0 Å². The first-order valence-corrected chi connectivity index (χ1v) is 10.4. The Balaban J connectivity index is 1.98.